The van der Waals surface area contributed by atoms with Gasteiger partial charge in [-0.1, -0.05) is 0 Å². The van der Waals surface area contributed by atoms with Crippen molar-refractivity contribution in [2.24, 2.45) is 5.73 Å². The maximum atomic E-state index is 12.0. The van der Waals surface area contributed by atoms with E-state index in [2.05, 4.69) is 20.4 Å². The van der Waals surface area contributed by atoms with Gasteiger partial charge in [0.05, 0.1) is 7.11 Å². The highest BCUT2D eigenvalue weighted by Gasteiger charge is 2.10. The predicted octanol–water partition coefficient (Wildman–Crippen LogP) is 2.03. The Labute approximate surface area is 125 Å². The first-order chi connectivity index (χ1) is 10.1. The van der Waals surface area contributed by atoms with E-state index in [0.29, 0.717) is 28.6 Å². The second-order valence-electron chi connectivity index (χ2n) is 3.98. The number of aromatic nitrogens is 1. The summed E-state index contributed by atoms with van der Waals surface area (Å²) in [4.78, 5) is 27.1. The Balaban J connectivity index is 1.99. The number of methoxy groups -OCH3 is 1. The van der Waals surface area contributed by atoms with Gasteiger partial charge in [0, 0.05) is 23.3 Å². The fourth-order valence-corrected chi connectivity index (χ4v) is 2.16. The lowest BCUT2D eigenvalue weighted by Crippen LogP contribution is -2.13. The van der Waals surface area contributed by atoms with E-state index >= 15 is 0 Å². The van der Waals surface area contributed by atoms with Crippen molar-refractivity contribution in [1.82, 2.24) is 4.98 Å². The number of rotatable bonds is 4. The molecule has 4 N–H and O–H groups in total. The number of nitrogens with one attached hydrogen (secondary N) is 2. The number of ether oxygens (including phenoxy) is 1. The Kier molecular flexibility index (Phi) is 4.85. The molecule has 0 aliphatic rings. The van der Waals surface area contributed by atoms with Crippen LogP contribution in [0.3, 0.4) is 0 Å². The number of benzene rings is 1. The summed E-state index contributed by atoms with van der Waals surface area (Å²) in [6.45, 7) is 0.311. The minimum Gasteiger partial charge on any atom is -0.453 e. The molecule has 2 amide bonds. The molecule has 0 fully saturated rings. The zero-order valence-corrected chi connectivity index (χ0v) is 12.1. The minimum absolute atomic E-state index is 0.306. The van der Waals surface area contributed by atoms with Crippen LogP contribution in [-0.2, 0) is 11.3 Å². The van der Waals surface area contributed by atoms with E-state index in [1.165, 1.54) is 18.4 Å². The number of hydrogen-bond acceptors (Lipinski definition) is 6. The van der Waals surface area contributed by atoms with Crippen LogP contribution < -0.4 is 16.4 Å². The molecule has 1 heterocycles. The first kappa shape index (κ1) is 14.9. The van der Waals surface area contributed by atoms with E-state index in [1.807, 2.05) is 0 Å². The molecular formula is C13H14N4O3S. The molecule has 0 saturated carbocycles. The third-order valence-corrected chi connectivity index (χ3v) is 3.40. The molecule has 0 unspecified atom stereocenters. The van der Waals surface area contributed by atoms with Crippen LogP contribution in [-0.4, -0.2) is 24.1 Å². The van der Waals surface area contributed by atoms with Crippen LogP contribution in [0, 0.1) is 0 Å². The van der Waals surface area contributed by atoms with Crippen molar-refractivity contribution in [3.05, 3.63) is 40.3 Å². The van der Waals surface area contributed by atoms with Gasteiger partial charge in [-0.25, -0.2) is 9.78 Å². The van der Waals surface area contributed by atoms with Crippen LogP contribution in [0.15, 0.2) is 29.6 Å². The van der Waals surface area contributed by atoms with Crippen molar-refractivity contribution in [3.63, 3.8) is 0 Å². The lowest BCUT2D eigenvalue weighted by molar-refractivity contribution is 0.102. The van der Waals surface area contributed by atoms with E-state index in [4.69, 9.17) is 5.73 Å². The molecule has 0 radical (unpaired) electrons. The Morgan fingerprint density at radius 1 is 1.24 bits per heavy atom. The number of amides is 2. The van der Waals surface area contributed by atoms with Crippen LogP contribution in [0.1, 0.15) is 15.5 Å². The van der Waals surface area contributed by atoms with E-state index in [9.17, 15) is 9.59 Å². The fourth-order valence-electron chi connectivity index (χ4n) is 1.51. The maximum absolute atomic E-state index is 12.0. The molecule has 1 aromatic carbocycles. The van der Waals surface area contributed by atoms with Gasteiger partial charge in [-0.15, -0.1) is 11.3 Å². The quantitative estimate of drug-likeness (QED) is 0.801. The van der Waals surface area contributed by atoms with Crippen molar-refractivity contribution < 1.29 is 14.3 Å². The van der Waals surface area contributed by atoms with Crippen LogP contribution in [0.4, 0.5) is 16.2 Å². The summed E-state index contributed by atoms with van der Waals surface area (Å²) in [6, 6.07) is 6.64. The topological polar surface area (TPSA) is 106 Å². The van der Waals surface area contributed by atoms with Gasteiger partial charge in [0.15, 0.2) is 0 Å². The molecule has 21 heavy (non-hydrogen) atoms. The van der Waals surface area contributed by atoms with E-state index in [-0.39, 0.29) is 5.91 Å². The normalized spacial score (nSPS) is 10.0. The van der Waals surface area contributed by atoms with Crippen LogP contribution in [0.2, 0.25) is 0 Å². The number of nitrogens with zero attached hydrogens (tertiary/aromatic N) is 1. The second kappa shape index (κ2) is 6.82. The Hall–Kier alpha value is -2.45. The van der Waals surface area contributed by atoms with Crippen molar-refractivity contribution in [3.8, 4) is 0 Å². The van der Waals surface area contributed by atoms with Gasteiger partial charge in [-0.2, -0.15) is 0 Å². The second-order valence-corrected chi connectivity index (χ2v) is 4.92. The summed E-state index contributed by atoms with van der Waals surface area (Å²) in [7, 11) is 1.29. The fraction of sp³-hybridized carbons (Fsp3) is 0.154. The number of anilines is 2. The van der Waals surface area contributed by atoms with Gasteiger partial charge in [-0.05, 0) is 24.3 Å². The molecule has 0 bridgehead atoms. The maximum Gasteiger partial charge on any atom is 0.411 e. The molecule has 0 saturated heterocycles. The largest absolute Gasteiger partial charge is 0.453 e. The lowest BCUT2D eigenvalue weighted by atomic mass is 10.2. The molecule has 1 aromatic heterocycles. The van der Waals surface area contributed by atoms with Crippen LogP contribution in [0.25, 0.3) is 0 Å². The van der Waals surface area contributed by atoms with Gasteiger partial charge < -0.3 is 15.8 Å². The average Bonchev–Trinajstić information content (AvgIpc) is 2.98. The molecule has 8 heteroatoms. The highest BCUT2D eigenvalue weighted by Crippen LogP contribution is 2.16. The molecule has 0 spiro atoms. The molecule has 7 nitrogen and oxygen atoms in total. The van der Waals surface area contributed by atoms with Crippen LogP contribution >= 0.6 is 11.3 Å². The zero-order chi connectivity index (χ0) is 15.2. The van der Waals surface area contributed by atoms with Gasteiger partial charge in [0.1, 0.15) is 10.7 Å². The first-order valence-corrected chi connectivity index (χ1v) is 6.91. The number of carbonyl (C=O) groups is 2. The Morgan fingerprint density at radius 2 is 1.86 bits per heavy atom. The van der Waals surface area contributed by atoms with Crippen molar-refractivity contribution in [2.45, 2.75) is 6.54 Å². The third-order valence-electron chi connectivity index (χ3n) is 2.53. The standard InChI is InChI=1S/C13H14N4O3S/c1-20-13(19)16-9-4-2-8(3-5-9)15-12(18)10-7-21-11(6-14)17-10/h2-5,7H,6,14H2,1H3,(H,15,18)(H,16,19). The molecule has 0 atom stereocenters. The van der Waals surface area contributed by atoms with E-state index < -0.39 is 6.09 Å². The molecule has 2 rings (SSSR count). The zero-order valence-electron chi connectivity index (χ0n) is 11.3. The van der Waals surface area contributed by atoms with E-state index in [0.717, 1.165) is 0 Å². The summed E-state index contributed by atoms with van der Waals surface area (Å²) in [6.07, 6.45) is -0.552. The van der Waals surface area contributed by atoms with Gasteiger partial charge in [-0.3, -0.25) is 10.1 Å². The molecule has 0 aliphatic carbocycles. The van der Waals surface area contributed by atoms with E-state index in [1.54, 1.807) is 29.6 Å². The number of thiazole rings is 1. The van der Waals surface area contributed by atoms with Crippen molar-refractivity contribution in [2.75, 3.05) is 17.7 Å². The SMILES string of the molecule is COC(=O)Nc1ccc(NC(=O)c2csc(CN)n2)cc1. The van der Waals surface area contributed by atoms with Crippen LogP contribution in [0.5, 0.6) is 0 Å². The molecular weight excluding hydrogens is 292 g/mol. The average molecular weight is 306 g/mol. The third kappa shape index (κ3) is 4.01. The Bertz CT molecular complexity index is 639. The minimum atomic E-state index is -0.552. The summed E-state index contributed by atoms with van der Waals surface area (Å²) in [5, 5.41) is 7.59. The molecule has 2 aromatic rings. The monoisotopic (exact) mass is 306 g/mol. The summed E-state index contributed by atoms with van der Waals surface area (Å²) < 4.78 is 4.48. The van der Waals surface area contributed by atoms with Gasteiger partial charge in [0.25, 0.3) is 5.91 Å². The molecule has 0 aliphatic heterocycles. The number of carbonyl (C=O) groups excluding carboxylic acids is 2. The Morgan fingerprint density at radius 3 is 2.38 bits per heavy atom. The summed E-state index contributed by atoms with van der Waals surface area (Å²) >= 11 is 1.34. The predicted molar refractivity (Wildman–Crippen MR) is 80.4 cm³/mol. The van der Waals surface area contributed by atoms with Crippen molar-refractivity contribution in [1.29, 1.82) is 0 Å². The van der Waals surface area contributed by atoms with Gasteiger partial charge in [0.2, 0.25) is 0 Å². The van der Waals surface area contributed by atoms with Gasteiger partial charge >= 0.3 is 6.09 Å². The highest BCUT2D eigenvalue weighted by molar-refractivity contribution is 7.09. The number of hydrogen-bond donors (Lipinski definition) is 3. The summed E-state index contributed by atoms with van der Waals surface area (Å²) in [5.74, 6) is -0.306. The molecule has 110 valence electrons. The number of nitrogens with two attached hydrogens (primary N) is 1. The highest BCUT2D eigenvalue weighted by atomic mass is 32.1. The van der Waals surface area contributed by atoms with Crippen molar-refractivity contribution >= 4 is 34.7 Å². The smallest absolute Gasteiger partial charge is 0.411 e. The summed E-state index contributed by atoms with van der Waals surface area (Å²) in [5.41, 5.74) is 6.95. The first-order valence-electron chi connectivity index (χ1n) is 6.03. The lowest BCUT2D eigenvalue weighted by Gasteiger charge is -2.06.